The fourth-order valence-corrected chi connectivity index (χ4v) is 2.59. The third kappa shape index (κ3) is 3.64. The maximum atomic E-state index is 12.6. The Hall–Kier alpha value is -3.68. The van der Waals surface area contributed by atoms with Gasteiger partial charge in [-0.2, -0.15) is 4.98 Å². The summed E-state index contributed by atoms with van der Waals surface area (Å²) in [4.78, 5) is 43.6. The summed E-state index contributed by atoms with van der Waals surface area (Å²) in [6.07, 6.45) is 0. The highest BCUT2D eigenvalue weighted by atomic mass is 16.5. The number of carbonyl (C=O) groups is 2. The number of ether oxygens (including phenoxy) is 2. The number of esters is 1. The number of nitrogens with one attached hydrogen (secondary N) is 2. The van der Waals surface area contributed by atoms with Crippen molar-refractivity contribution in [3.05, 3.63) is 63.4 Å². The zero-order valence-corrected chi connectivity index (χ0v) is 15.0. The highest BCUT2D eigenvalue weighted by molar-refractivity contribution is 6.08. The Morgan fingerprint density at radius 1 is 1.07 bits per heavy atom. The molecule has 3 rings (SSSR count). The second-order valence-corrected chi connectivity index (χ2v) is 5.80. The van der Waals surface area contributed by atoms with Crippen LogP contribution in [0.1, 0.15) is 26.3 Å². The molecule has 0 atom stereocenters. The van der Waals surface area contributed by atoms with Crippen molar-refractivity contribution in [2.24, 2.45) is 0 Å². The van der Waals surface area contributed by atoms with Crippen molar-refractivity contribution in [3.63, 3.8) is 0 Å². The number of anilines is 1. The Balaban J connectivity index is 2.00. The number of hydrogen-bond acceptors (Lipinski definition) is 6. The van der Waals surface area contributed by atoms with Crippen LogP contribution < -0.4 is 15.6 Å². The lowest BCUT2D eigenvalue weighted by Crippen LogP contribution is -2.24. The molecule has 0 saturated heterocycles. The zero-order valence-electron chi connectivity index (χ0n) is 15.0. The van der Waals surface area contributed by atoms with E-state index in [1.165, 1.54) is 20.3 Å². The average Bonchev–Trinajstić information content (AvgIpc) is 2.66. The molecule has 0 aliphatic heterocycles. The predicted octanol–water partition coefficient (Wildman–Crippen LogP) is 2.28. The summed E-state index contributed by atoms with van der Waals surface area (Å²) in [5.41, 5.74) is 0.891. The van der Waals surface area contributed by atoms with E-state index in [1.54, 1.807) is 30.3 Å². The van der Waals surface area contributed by atoms with Crippen LogP contribution in [0.5, 0.6) is 5.88 Å². The van der Waals surface area contributed by atoms with Crippen LogP contribution in [-0.4, -0.2) is 36.1 Å². The van der Waals surface area contributed by atoms with Crippen LogP contribution in [0.3, 0.4) is 0 Å². The molecule has 8 nitrogen and oxygen atoms in total. The van der Waals surface area contributed by atoms with Crippen LogP contribution in [0.15, 0.2) is 41.2 Å². The lowest BCUT2D eigenvalue weighted by atomic mass is 10.1. The summed E-state index contributed by atoms with van der Waals surface area (Å²) in [5.74, 6) is -0.892. The summed E-state index contributed by atoms with van der Waals surface area (Å²) < 4.78 is 9.75. The Morgan fingerprint density at radius 2 is 1.85 bits per heavy atom. The van der Waals surface area contributed by atoms with Gasteiger partial charge in [0.05, 0.1) is 25.5 Å². The van der Waals surface area contributed by atoms with Crippen molar-refractivity contribution < 1.29 is 19.1 Å². The number of aryl methyl sites for hydroxylation is 1. The van der Waals surface area contributed by atoms with E-state index in [2.05, 4.69) is 15.3 Å². The molecule has 2 N–H and O–H groups in total. The standard InChI is InChI=1S/C19H17N3O5/c1-10-4-6-12(19(25)27-3)14(8-10)20-17(23)13-9-11-5-7-15(26-2)21-16(11)22-18(13)24/h4-9H,1-3H3,(H,20,23)(H,21,22,24). The van der Waals surface area contributed by atoms with Gasteiger partial charge >= 0.3 is 5.97 Å². The van der Waals surface area contributed by atoms with Gasteiger partial charge in [0, 0.05) is 11.5 Å². The van der Waals surface area contributed by atoms with Gasteiger partial charge in [0.1, 0.15) is 11.2 Å². The molecule has 2 heterocycles. The number of rotatable bonds is 4. The lowest BCUT2D eigenvalue weighted by Gasteiger charge is -2.11. The molecule has 0 fully saturated rings. The minimum absolute atomic E-state index is 0.105. The van der Waals surface area contributed by atoms with Gasteiger partial charge < -0.3 is 19.8 Å². The normalized spacial score (nSPS) is 10.5. The van der Waals surface area contributed by atoms with Crippen LogP contribution in [0.4, 0.5) is 5.69 Å². The predicted molar refractivity (Wildman–Crippen MR) is 99.4 cm³/mol. The van der Waals surface area contributed by atoms with E-state index in [9.17, 15) is 14.4 Å². The molecule has 0 bridgehead atoms. The van der Waals surface area contributed by atoms with Crippen LogP contribution in [0.25, 0.3) is 11.0 Å². The van der Waals surface area contributed by atoms with Crippen molar-refractivity contribution in [1.29, 1.82) is 0 Å². The monoisotopic (exact) mass is 367 g/mol. The number of carbonyl (C=O) groups excluding carboxylic acids is 2. The fraction of sp³-hybridized carbons (Fsp3) is 0.158. The summed E-state index contributed by atoms with van der Waals surface area (Å²) in [5, 5.41) is 3.17. The first kappa shape index (κ1) is 18.1. The quantitative estimate of drug-likeness (QED) is 0.685. The molecule has 0 saturated carbocycles. The summed E-state index contributed by atoms with van der Waals surface area (Å²) in [6.45, 7) is 1.82. The van der Waals surface area contributed by atoms with Gasteiger partial charge in [0.25, 0.3) is 11.5 Å². The molecule has 138 valence electrons. The molecular weight excluding hydrogens is 350 g/mol. The van der Waals surface area contributed by atoms with E-state index >= 15 is 0 Å². The number of fused-ring (bicyclic) bond motifs is 1. The minimum atomic E-state index is -0.648. The number of aromatic amines is 1. The SMILES string of the molecule is COC(=O)c1ccc(C)cc1NC(=O)c1cc2ccc(OC)nc2[nH]c1=O. The maximum Gasteiger partial charge on any atom is 0.339 e. The molecule has 0 aliphatic carbocycles. The van der Waals surface area contributed by atoms with E-state index < -0.39 is 17.4 Å². The number of benzene rings is 1. The first-order valence-corrected chi connectivity index (χ1v) is 8.01. The number of hydrogen-bond donors (Lipinski definition) is 2. The van der Waals surface area contributed by atoms with Gasteiger partial charge in [-0.25, -0.2) is 4.79 Å². The van der Waals surface area contributed by atoms with E-state index in [0.717, 1.165) is 5.56 Å². The van der Waals surface area contributed by atoms with Crippen LogP contribution >= 0.6 is 0 Å². The fourth-order valence-electron chi connectivity index (χ4n) is 2.59. The average molecular weight is 367 g/mol. The van der Waals surface area contributed by atoms with E-state index in [0.29, 0.717) is 16.9 Å². The molecule has 3 aromatic rings. The summed E-state index contributed by atoms with van der Waals surface area (Å²) >= 11 is 0. The summed E-state index contributed by atoms with van der Waals surface area (Å²) in [6, 6.07) is 9.65. The van der Waals surface area contributed by atoms with Gasteiger partial charge in [-0.3, -0.25) is 9.59 Å². The molecule has 1 amide bonds. The van der Waals surface area contributed by atoms with Crippen molar-refractivity contribution in [1.82, 2.24) is 9.97 Å². The number of methoxy groups -OCH3 is 2. The Kier molecular flexibility index (Phi) is 4.89. The van der Waals surface area contributed by atoms with Gasteiger partial charge in [0.15, 0.2) is 0 Å². The molecule has 1 aromatic carbocycles. The molecule has 0 radical (unpaired) electrons. The largest absolute Gasteiger partial charge is 0.481 e. The van der Waals surface area contributed by atoms with Crippen LogP contribution in [0, 0.1) is 6.92 Å². The highest BCUT2D eigenvalue weighted by Gasteiger charge is 2.18. The first-order chi connectivity index (χ1) is 12.9. The van der Waals surface area contributed by atoms with Gasteiger partial charge in [-0.1, -0.05) is 6.07 Å². The smallest absolute Gasteiger partial charge is 0.339 e. The third-order valence-corrected chi connectivity index (χ3v) is 3.96. The zero-order chi connectivity index (χ0) is 19.6. The molecular formula is C19H17N3O5. The van der Waals surface area contributed by atoms with Crippen molar-refractivity contribution in [2.45, 2.75) is 6.92 Å². The highest BCUT2D eigenvalue weighted by Crippen LogP contribution is 2.20. The van der Waals surface area contributed by atoms with Crippen LogP contribution in [-0.2, 0) is 4.74 Å². The second kappa shape index (κ2) is 7.28. The van der Waals surface area contributed by atoms with Crippen LogP contribution in [0.2, 0.25) is 0 Å². The topological polar surface area (TPSA) is 110 Å². The molecule has 0 unspecified atom stereocenters. The van der Waals surface area contributed by atoms with Crippen molar-refractivity contribution >= 4 is 28.6 Å². The first-order valence-electron chi connectivity index (χ1n) is 8.01. The lowest BCUT2D eigenvalue weighted by molar-refractivity contribution is 0.0602. The second-order valence-electron chi connectivity index (χ2n) is 5.80. The summed E-state index contributed by atoms with van der Waals surface area (Å²) in [7, 11) is 2.72. The molecule has 0 aliphatic rings. The van der Waals surface area contributed by atoms with Gasteiger partial charge in [-0.05, 0) is 36.8 Å². The Bertz CT molecular complexity index is 1100. The maximum absolute atomic E-state index is 12.6. The Labute approximate surface area is 154 Å². The molecule has 27 heavy (non-hydrogen) atoms. The molecule has 0 spiro atoms. The number of amides is 1. The van der Waals surface area contributed by atoms with E-state index in [4.69, 9.17) is 9.47 Å². The number of H-pyrrole nitrogens is 1. The van der Waals surface area contributed by atoms with Crippen molar-refractivity contribution in [2.75, 3.05) is 19.5 Å². The van der Waals surface area contributed by atoms with Gasteiger partial charge in [-0.15, -0.1) is 0 Å². The third-order valence-electron chi connectivity index (χ3n) is 3.96. The van der Waals surface area contributed by atoms with Crippen molar-refractivity contribution in [3.8, 4) is 5.88 Å². The minimum Gasteiger partial charge on any atom is -0.481 e. The Morgan fingerprint density at radius 3 is 2.56 bits per heavy atom. The van der Waals surface area contributed by atoms with E-state index in [1.807, 2.05) is 6.92 Å². The number of aromatic nitrogens is 2. The number of nitrogens with zero attached hydrogens (tertiary/aromatic N) is 1. The molecule has 8 heteroatoms. The van der Waals surface area contributed by atoms with E-state index in [-0.39, 0.29) is 16.8 Å². The molecule has 2 aromatic heterocycles. The number of pyridine rings is 2. The van der Waals surface area contributed by atoms with Gasteiger partial charge in [0.2, 0.25) is 5.88 Å².